The number of carbonyl (C=O) groups is 1. The number of benzene rings is 2. The Morgan fingerprint density at radius 1 is 1.05 bits per heavy atom. The first-order chi connectivity index (χ1) is 10.1. The Bertz CT molecular complexity index is 637. The van der Waals surface area contributed by atoms with Crippen LogP contribution in [0, 0.1) is 13.8 Å². The zero-order chi connectivity index (χ0) is 15.2. The third kappa shape index (κ3) is 4.11. The van der Waals surface area contributed by atoms with Crippen LogP contribution < -0.4 is 5.32 Å². The van der Waals surface area contributed by atoms with E-state index in [0.29, 0.717) is 5.75 Å². The first-order valence-electron chi connectivity index (χ1n) is 7.18. The highest BCUT2D eigenvalue weighted by molar-refractivity contribution is 8.00. The average Bonchev–Trinajstić information content (AvgIpc) is 2.48. The van der Waals surface area contributed by atoms with E-state index < -0.39 is 0 Å². The molecule has 0 aliphatic carbocycles. The number of aryl methyl sites for hydroxylation is 3. The highest BCUT2D eigenvalue weighted by Crippen LogP contribution is 2.24. The Hall–Kier alpha value is -1.74. The number of para-hydroxylation sites is 1. The Labute approximate surface area is 131 Å². The van der Waals surface area contributed by atoms with Gasteiger partial charge in [0.25, 0.3) is 0 Å². The van der Waals surface area contributed by atoms with Crippen LogP contribution in [0.15, 0.2) is 47.4 Å². The molecule has 1 amide bonds. The summed E-state index contributed by atoms with van der Waals surface area (Å²) in [6, 6.07) is 14.3. The SMILES string of the molecule is CCc1cccc(C)c1NC(=O)CSc1ccccc1C. The number of amides is 1. The Morgan fingerprint density at radius 3 is 2.48 bits per heavy atom. The summed E-state index contributed by atoms with van der Waals surface area (Å²) in [4.78, 5) is 13.3. The van der Waals surface area contributed by atoms with Gasteiger partial charge in [-0.15, -0.1) is 11.8 Å². The lowest BCUT2D eigenvalue weighted by Crippen LogP contribution is -2.16. The predicted octanol–water partition coefficient (Wildman–Crippen LogP) is 4.60. The third-order valence-corrected chi connectivity index (χ3v) is 4.63. The van der Waals surface area contributed by atoms with E-state index in [0.717, 1.165) is 22.6 Å². The van der Waals surface area contributed by atoms with Crippen molar-refractivity contribution < 1.29 is 4.79 Å². The summed E-state index contributed by atoms with van der Waals surface area (Å²) in [5.41, 5.74) is 4.48. The minimum atomic E-state index is 0.0484. The highest BCUT2D eigenvalue weighted by Gasteiger charge is 2.09. The van der Waals surface area contributed by atoms with Crippen molar-refractivity contribution in [2.24, 2.45) is 0 Å². The summed E-state index contributed by atoms with van der Waals surface area (Å²) in [5, 5.41) is 3.06. The van der Waals surface area contributed by atoms with Crippen LogP contribution in [0.5, 0.6) is 0 Å². The van der Waals surface area contributed by atoms with Gasteiger partial charge in [-0.2, -0.15) is 0 Å². The van der Waals surface area contributed by atoms with Crippen LogP contribution in [0.3, 0.4) is 0 Å². The molecule has 0 radical (unpaired) electrons. The first kappa shape index (κ1) is 15.6. The number of thioether (sulfide) groups is 1. The molecule has 0 heterocycles. The van der Waals surface area contributed by atoms with E-state index in [1.54, 1.807) is 11.8 Å². The minimum Gasteiger partial charge on any atom is -0.325 e. The van der Waals surface area contributed by atoms with Crippen molar-refractivity contribution in [2.75, 3.05) is 11.1 Å². The highest BCUT2D eigenvalue weighted by atomic mass is 32.2. The molecule has 110 valence electrons. The Kier molecular flexibility index (Phi) is 5.45. The molecule has 0 saturated carbocycles. The van der Waals surface area contributed by atoms with Gasteiger partial charge in [0.15, 0.2) is 0 Å². The van der Waals surface area contributed by atoms with E-state index in [1.807, 2.05) is 31.2 Å². The molecule has 0 atom stereocenters. The van der Waals surface area contributed by atoms with Gasteiger partial charge in [-0.25, -0.2) is 0 Å². The maximum Gasteiger partial charge on any atom is 0.234 e. The van der Waals surface area contributed by atoms with Crippen molar-refractivity contribution in [1.82, 2.24) is 0 Å². The fourth-order valence-corrected chi connectivity index (χ4v) is 3.07. The molecule has 3 heteroatoms. The Balaban J connectivity index is 2.01. The lowest BCUT2D eigenvalue weighted by Gasteiger charge is -2.13. The van der Waals surface area contributed by atoms with Gasteiger partial charge in [0.05, 0.1) is 5.75 Å². The molecule has 0 saturated heterocycles. The molecule has 0 aliphatic heterocycles. The monoisotopic (exact) mass is 299 g/mol. The van der Waals surface area contributed by atoms with Gasteiger partial charge in [0.2, 0.25) is 5.91 Å². The van der Waals surface area contributed by atoms with E-state index in [2.05, 4.69) is 37.4 Å². The van der Waals surface area contributed by atoms with Crippen molar-refractivity contribution in [1.29, 1.82) is 0 Å². The van der Waals surface area contributed by atoms with Crippen molar-refractivity contribution in [3.63, 3.8) is 0 Å². The molecule has 0 fully saturated rings. The minimum absolute atomic E-state index is 0.0484. The molecule has 0 aromatic heterocycles. The van der Waals surface area contributed by atoms with Crippen LogP contribution in [0.25, 0.3) is 0 Å². The van der Waals surface area contributed by atoms with E-state index in [9.17, 15) is 4.79 Å². The molecule has 0 bridgehead atoms. The topological polar surface area (TPSA) is 29.1 Å². The lowest BCUT2D eigenvalue weighted by molar-refractivity contribution is -0.113. The lowest BCUT2D eigenvalue weighted by atomic mass is 10.1. The zero-order valence-corrected chi connectivity index (χ0v) is 13.6. The average molecular weight is 299 g/mol. The molecule has 2 aromatic rings. The number of hydrogen-bond acceptors (Lipinski definition) is 2. The van der Waals surface area contributed by atoms with Crippen molar-refractivity contribution in [3.05, 3.63) is 59.2 Å². The number of carbonyl (C=O) groups excluding carboxylic acids is 1. The number of rotatable bonds is 5. The summed E-state index contributed by atoms with van der Waals surface area (Å²) in [6.07, 6.45) is 0.919. The van der Waals surface area contributed by atoms with Crippen molar-refractivity contribution >= 4 is 23.4 Å². The van der Waals surface area contributed by atoms with Crippen LogP contribution in [0.1, 0.15) is 23.6 Å². The van der Waals surface area contributed by atoms with E-state index in [-0.39, 0.29) is 5.91 Å². The van der Waals surface area contributed by atoms with Gasteiger partial charge in [0.1, 0.15) is 0 Å². The molecule has 1 N–H and O–H groups in total. The maximum atomic E-state index is 12.2. The van der Waals surface area contributed by atoms with Gasteiger partial charge in [0, 0.05) is 10.6 Å². The predicted molar refractivity (Wildman–Crippen MR) is 91.1 cm³/mol. The normalized spacial score (nSPS) is 10.4. The molecular weight excluding hydrogens is 278 g/mol. The second kappa shape index (κ2) is 7.32. The molecule has 0 spiro atoms. The molecule has 21 heavy (non-hydrogen) atoms. The third-order valence-electron chi connectivity index (χ3n) is 3.46. The van der Waals surface area contributed by atoms with E-state index in [1.165, 1.54) is 11.1 Å². The van der Waals surface area contributed by atoms with Crippen LogP contribution >= 0.6 is 11.8 Å². The van der Waals surface area contributed by atoms with Crippen LogP contribution in [-0.4, -0.2) is 11.7 Å². The molecule has 2 aromatic carbocycles. The largest absolute Gasteiger partial charge is 0.325 e. The molecule has 2 rings (SSSR count). The number of anilines is 1. The van der Waals surface area contributed by atoms with Gasteiger partial charge in [-0.1, -0.05) is 43.3 Å². The first-order valence-corrected chi connectivity index (χ1v) is 8.17. The quantitative estimate of drug-likeness (QED) is 0.818. The standard InChI is InChI=1S/C18H21NOS/c1-4-15-10-7-9-14(3)18(15)19-17(20)12-21-16-11-6-5-8-13(16)2/h5-11H,4,12H2,1-3H3,(H,19,20). The fourth-order valence-electron chi connectivity index (χ4n) is 2.24. The Morgan fingerprint density at radius 2 is 1.76 bits per heavy atom. The second-order valence-corrected chi connectivity index (χ2v) is 6.08. The maximum absolute atomic E-state index is 12.2. The van der Waals surface area contributed by atoms with Crippen molar-refractivity contribution in [2.45, 2.75) is 32.1 Å². The molecular formula is C18H21NOS. The summed E-state index contributed by atoms with van der Waals surface area (Å²) in [5.74, 6) is 0.481. The molecule has 2 nitrogen and oxygen atoms in total. The summed E-state index contributed by atoms with van der Waals surface area (Å²) >= 11 is 1.58. The van der Waals surface area contributed by atoms with Gasteiger partial charge < -0.3 is 5.32 Å². The zero-order valence-electron chi connectivity index (χ0n) is 12.8. The van der Waals surface area contributed by atoms with Crippen LogP contribution in [0.2, 0.25) is 0 Å². The van der Waals surface area contributed by atoms with Crippen molar-refractivity contribution in [3.8, 4) is 0 Å². The van der Waals surface area contributed by atoms with Gasteiger partial charge in [-0.05, 0) is 43.0 Å². The smallest absolute Gasteiger partial charge is 0.234 e. The summed E-state index contributed by atoms with van der Waals surface area (Å²) in [6.45, 7) is 6.20. The van der Waals surface area contributed by atoms with Crippen LogP contribution in [-0.2, 0) is 11.2 Å². The van der Waals surface area contributed by atoms with Gasteiger partial charge >= 0.3 is 0 Å². The molecule has 0 aliphatic rings. The fraction of sp³-hybridized carbons (Fsp3) is 0.278. The summed E-state index contributed by atoms with van der Waals surface area (Å²) in [7, 11) is 0. The number of hydrogen-bond donors (Lipinski definition) is 1. The van der Waals surface area contributed by atoms with Crippen LogP contribution in [0.4, 0.5) is 5.69 Å². The van der Waals surface area contributed by atoms with E-state index >= 15 is 0 Å². The van der Waals surface area contributed by atoms with Gasteiger partial charge in [-0.3, -0.25) is 4.79 Å². The summed E-state index contributed by atoms with van der Waals surface area (Å²) < 4.78 is 0. The second-order valence-electron chi connectivity index (χ2n) is 5.06. The van der Waals surface area contributed by atoms with E-state index in [4.69, 9.17) is 0 Å². The number of nitrogens with one attached hydrogen (secondary N) is 1. The molecule has 0 unspecified atom stereocenters.